The molecule has 0 fully saturated rings. The number of carbonyl (C=O) groups is 1. The number of rotatable bonds is 7. The van der Waals surface area contributed by atoms with E-state index >= 15 is 0 Å². The maximum Gasteiger partial charge on any atom is 0.307 e. The van der Waals surface area contributed by atoms with Gasteiger partial charge in [0.15, 0.2) is 0 Å². The summed E-state index contributed by atoms with van der Waals surface area (Å²) in [6.45, 7) is 4.08. The molecule has 0 amide bonds. The third kappa shape index (κ3) is 4.81. The lowest BCUT2D eigenvalue weighted by atomic mass is 10.2. The predicted molar refractivity (Wildman–Crippen MR) is 69.7 cm³/mol. The molecule has 100 valence electrons. The third-order valence-corrected chi connectivity index (χ3v) is 2.62. The van der Waals surface area contributed by atoms with Gasteiger partial charge in [0.1, 0.15) is 0 Å². The lowest BCUT2D eigenvalue weighted by Gasteiger charge is -2.17. The maximum atomic E-state index is 11.2. The van der Waals surface area contributed by atoms with Crippen molar-refractivity contribution in [3.8, 4) is 0 Å². The van der Waals surface area contributed by atoms with Gasteiger partial charge in [-0.2, -0.15) is 0 Å². The molecule has 0 aliphatic rings. The van der Waals surface area contributed by atoms with E-state index in [4.69, 9.17) is 10.5 Å². The van der Waals surface area contributed by atoms with E-state index in [-0.39, 0.29) is 5.97 Å². The van der Waals surface area contributed by atoms with Gasteiger partial charge in [-0.15, -0.1) is 0 Å². The monoisotopic (exact) mass is 251 g/mol. The van der Waals surface area contributed by atoms with Gasteiger partial charge in [-0.25, -0.2) is 0 Å². The van der Waals surface area contributed by atoms with Crippen LogP contribution in [0.4, 0.5) is 0 Å². The van der Waals surface area contributed by atoms with Crippen LogP contribution < -0.4 is 5.73 Å². The van der Waals surface area contributed by atoms with Crippen molar-refractivity contribution in [1.29, 1.82) is 0 Å². The molecule has 0 aliphatic heterocycles. The summed E-state index contributed by atoms with van der Waals surface area (Å²) in [5.41, 5.74) is 7.64. The van der Waals surface area contributed by atoms with Gasteiger partial charge in [-0.3, -0.25) is 9.78 Å². The summed E-state index contributed by atoms with van der Waals surface area (Å²) in [5, 5.41) is 0. The fourth-order valence-electron chi connectivity index (χ4n) is 1.68. The number of carbonyl (C=O) groups excluding carboxylic acids is 1. The number of aromatic nitrogens is 1. The van der Waals surface area contributed by atoms with Crippen LogP contribution in [0.2, 0.25) is 0 Å². The minimum atomic E-state index is -0.158. The molecule has 1 rings (SSSR count). The lowest BCUT2D eigenvalue weighted by Crippen LogP contribution is -2.23. The Kier molecular flexibility index (Phi) is 6.32. The van der Waals surface area contributed by atoms with Crippen LogP contribution in [0.15, 0.2) is 18.3 Å². The Morgan fingerprint density at radius 3 is 3.00 bits per heavy atom. The summed E-state index contributed by atoms with van der Waals surface area (Å²) in [7, 11) is 1.96. The number of hydrogen-bond acceptors (Lipinski definition) is 5. The van der Waals surface area contributed by atoms with Crippen molar-refractivity contribution >= 4 is 5.97 Å². The largest absolute Gasteiger partial charge is 0.466 e. The number of ether oxygens (including phenoxy) is 1. The Labute approximate surface area is 108 Å². The Morgan fingerprint density at radius 2 is 2.33 bits per heavy atom. The highest BCUT2D eigenvalue weighted by molar-refractivity contribution is 5.69. The molecule has 1 aromatic heterocycles. The van der Waals surface area contributed by atoms with Gasteiger partial charge in [0.05, 0.1) is 18.7 Å². The molecular weight excluding hydrogens is 230 g/mol. The second-order valence-electron chi connectivity index (χ2n) is 4.11. The average Bonchev–Trinajstić information content (AvgIpc) is 2.37. The minimum Gasteiger partial charge on any atom is -0.466 e. The van der Waals surface area contributed by atoms with Gasteiger partial charge in [-0.1, -0.05) is 6.07 Å². The number of esters is 1. The Morgan fingerprint density at radius 1 is 1.56 bits per heavy atom. The molecule has 0 bridgehead atoms. The van der Waals surface area contributed by atoms with Crippen LogP contribution in [0.1, 0.15) is 24.6 Å². The molecule has 0 atom stereocenters. The van der Waals surface area contributed by atoms with Gasteiger partial charge in [0.25, 0.3) is 0 Å². The highest BCUT2D eigenvalue weighted by Crippen LogP contribution is 2.07. The smallest absolute Gasteiger partial charge is 0.307 e. The first-order valence-electron chi connectivity index (χ1n) is 6.14. The van der Waals surface area contributed by atoms with Crippen LogP contribution in [0.25, 0.3) is 0 Å². The molecule has 2 N–H and O–H groups in total. The molecule has 18 heavy (non-hydrogen) atoms. The van der Waals surface area contributed by atoms with Crippen LogP contribution >= 0.6 is 0 Å². The number of pyridine rings is 1. The van der Waals surface area contributed by atoms with Crippen LogP contribution in [-0.2, 0) is 22.6 Å². The summed E-state index contributed by atoms with van der Waals surface area (Å²) in [5.74, 6) is -0.158. The minimum absolute atomic E-state index is 0.158. The van der Waals surface area contributed by atoms with Crippen LogP contribution in [0, 0.1) is 0 Å². The standard InChI is InChI=1S/C13H21N3O2/c1-3-18-13(17)6-8-16(2)10-11-5-4-7-15-12(11)9-14/h4-5,7H,3,6,8-10,14H2,1-2H3. The molecule has 5 heteroatoms. The van der Waals surface area contributed by atoms with Gasteiger partial charge in [0.2, 0.25) is 0 Å². The van der Waals surface area contributed by atoms with Gasteiger partial charge in [-0.05, 0) is 25.6 Å². The summed E-state index contributed by atoms with van der Waals surface area (Å²) < 4.78 is 4.89. The number of nitrogens with zero attached hydrogens (tertiary/aromatic N) is 2. The average molecular weight is 251 g/mol. The number of hydrogen-bond donors (Lipinski definition) is 1. The molecule has 0 spiro atoms. The Hall–Kier alpha value is -1.46. The molecule has 5 nitrogen and oxygen atoms in total. The summed E-state index contributed by atoms with van der Waals surface area (Å²) in [6, 6.07) is 3.91. The van der Waals surface area contributed by atoms with Crippen LogP contribution in [0.5, 0.6) is 0 Å². The Balaban J connectivity index is 2.44. The first-order chi connectivity index (χ1) is 8.67. The van der Waals surface area contributed by atoms with E-state index in [0.29, 0.717) is 26.1 Å². The molecule has 0 radical (unpaired) electrons. The van der Waals surface area contributed by atoms with E-state index < -0.39 is 0 Å². The molecular formula is C13H21N3O2. The Bertz CT molecular complexity index is 382. The van der Waals surface area contributed by atoms with Crippen molar-refractivity contribution in [3.63, 3.8) is 0 Å². The van der Waals surface area contributed by atoms with Crippen LogP contribution in [0.3, 0.4) is 0 Å². The van der Waals surface area contributed by atoms with Crippen molar-refractivity contribution in [1.82, 2.24) is 9.88 Å². The number of nitrogens with two attached hydrogens (primary N) is 1. The SMILES string of the molecule is CCOC(=O)CCN(C)Cc1cccnc1CN. The van der Waals surface area contributed by atoms with E-state index in [1.165, 1.54) is 0 Å². The van der Waals surface area contributed by atoms with Gasteiger partial charge >= 0.3 is 5.97 Å². The zero-order chi connectivity index (χ0) is 13.4. The topological polar surface area (TPSA) is 68.5 Å². The first kappa shape index (κ1) is 14.6. The van der Waals surface area contributed by atoms with Crippen molar-refractivity contribution in [2.75, 3.05) is 20.2 Å². The highest BCUT2D eigenvalue weighted by atomic mass is 16.5. The maximum absolute atomic E-state index is 11.2. The summed E-state index contributed by atoms with van der Waals surface area (Å²) in [6.07, 6.45) is 2.15. The van der Waals surface area contributed by atoms with E-state index in [2.05, 4.69) is 9.88 Å². The molecule has 1 aromatic rings. The summed E-state index contributed by atoms with van der Waals surface area (Å²) >= 11 is 0. The molecule has 0 aliphatic carbocycles. The third-order valence-electron chi connectivity index (χ3n) is 2.62. The normalized spacial score (nSPS) is 10.7. The van der Waals surface area contributed by atoms with Crippen LogP contribution in [-0.4, -0.2) is 36.1 Å². The second kappa shape index (κ2) is 7.79. The molecule has 1 heterocycles. The van der Waals surface area contributed by atoms with Crippen molar-refractivity contribution in [2.45, 2.75) is 26.4 Å². The van der Waals surface area contributed by atoms with E-state index in [9.17, 15) is 4.79 Å². The van der Waals surface area contributed by atoms with E-state index in [1.807, 2.05) is 26.1 Å². The zero-order valence-electron chi connectivity index (χ0n) is 11.1. The fourth-order valence-corrected chi connectivity index (χ4v) is 1.68. The zero-order valence-corrected chi connectivity index (χ0v) is 11.1. The molecule has 0 saturated heterocycles. The quantitative estimate of drug-likeness (QED) is 0.730. The van der Waals surface area contributed by atoms with E-state index in [0.717, 1.165) is 17.8 Å². The van der Waals surface area contributed by atoms with Gasteiger partial charge in [0, 0.05) is 25.8 Å². The van der Waals surface area contributed by atoms with Crippen molar-refractivity contribution < 1.29 is 9.53 Å². The van der Waals surface area contributed by atoms with Crippen molar-refractivity contribution in [2.24, 2.45) is 5.73 Å². The predicted octanol–water partition coefficient (Wildman–Crippen LogP) is 0.925. The highest BCUT2D eigenvalue weighted by Gasteiger charge is 2.08. The summed E-state index contributed by atoms with van der Waals surface area (Å²) in [4.78, 5) is 17.5. The fraction of sp³-hybridized carbons (Fsp3) is 0.538. The second-order valence-corrected chi connectivity index (χ2v) is 4.11. The first-order valence-corrected chi connectivity index (χ1v) is 6.14. The van der Waals surface area contributed by atoms with Crippen molar-refractivity contribution in [3.05, 3.63) is 29.6 Å². The van der Waals surface area contributed by atoms with E-state index in [1.54, 1.807) is 6.20 Å². The molecule has 0 unspecified atom stereocenters. The van der Waals surface area contributed by atoms with Gasteiger partial charge < -0.3 is 15.4 Å². The molecule has 0 saturated carbocycles. The molecule has 0 aromatic carbocycles. The lowest BCUT2D eigenvalue weighted by molar-refractivity contribution is -0.143.